The lowest BCUT2D eigenvalue weighted by atomic mass is 10.4. The van der Waals surface area contributed by atoms with E-state index in [1.165, 1.54) is 6.33 Å². The van der Waals surface area contributed by atoms with Crippen LogP contribution in [0, 0.1) is 0 Å². The molecule has 0 bridgehead atoms. The first-order valence-corrected chi connectivity index (χ1v) is 5.11. The SMILES string of the molecule is COCCN(CCN)c1cc(OC)ncn1. The highest BCUT2D eigenvalue weighted by atomic mass is 16.5. The fourth-order valence-electron chi connectivity index (χ4n) is 1.31. The number of methoxy groups -OCH3 is 2. The Balaban J connectivity index is 2.73. The molecule has 0 atom stereocenters. The first kappa shape index (κ1) is 12.7. The van der Waals surface area contributed by atoms with Gasteiger partial charge in [0.2, 0.25) is 5.88 Å². The van der Waals surface area contributed by atoms with Crippen LogP contribution in [0.1, 0.15) is 0 Å². The van der Waals surface area contributed by atoms with E-state index in [-0.39, 0.29) is 0 Å². The Morgan fingerprint density at radius 1 is 1.31 bits per heavy atom. The first-order valence-electron chi connectivity index (χ1n) is 5.11. The monoisotopic (exact) mass is 226 g/mol. The molecule has 0 fully saturated rings. The highest BCUT2D eigenvalue weighted by Crippen LogP contribution is 2.14. The fraction of sp³-hybridized carbons (Fsp3) is 0.600. The molecule has 90 valence electrons. The van der Waals surface area contributed by atoms with Crippen LogP contribution in [0.4, 0.5) is 5.82 Å². The second-order valence-corrected chi connectivity index (χ2v) is 3.19. The summed E-state index contributed by atoms with van der Waals surface area (Å²) in [7, 11) is 3.25. The van der Waals surface area contributed by atoms with Crippen molar-refractivity contribution < 1.29 is 9.47 Å². The van der Waals surface area contributed by atoms with Crippen molar-refractivity contribution in [2.45, 2.75) is 0 Å². The van der Waals surface area contributed by atoms with E-state index in [1.54, 1.807) is 20.3 Å². The van der Waals surface area contributed by atoms with Gasteiger partial charge in [0.15, 0.2) is 0 Å². The number of anilines is 1. The highest BCUT2D eigenvalue weighted by molar-refractivity contribution is 5.40. The molecule has 0 radical (unpaired) electrons. The Bertz CT molecular complexity index is 309. The molecule has 16 heavy (non-hydrogen) atoms. The minimum absolute atomic E-state index is 0.546. The molecule has 0 aliphatic carbocycles. The van der Waals surface area contributed by atoms with E-state index in [0.29, 0.717) is 19.0 Å². The summed E-state index contributed by atoms with van der Waals surface area (Å²) in [4.78, 5) is 10.2. The number of aromatic nitrogens is 2. The number of hydrogen-bond acceptors (Lipinski definition) is 6. The van der Waals surface area contributed by atoms with Crippen molar-refractivity contribution in [3.8, 4) is 5.88 Å². The van der Waals surface area contributed by atoms with Crippen LogP contribution < -0.4 is 15.4 Å². The molecular weight excluding hydrogens is 208 g/mol. The maximum absolute atomic E-state index is 5.55. The molecule has 1 aromatic heterocycles. The zero-order chi connectivity index (χ0) is 11.8. The highest BCUT2D eigenvalue weighted by Gasteiger charge is 2.08. The minimum Gasteiger partial charge on any atom is -0.481 e. The summed E-state index contributed by atoms with van der Waals surface area (Å²) in [6.07, 6.45) is 1.48. The number of ether oxygens (including phenoxy) is 2. The Labute approximate surface area is 95.4 Å². The zero-order valence-electron chi connectivity index (χ0n) is 9.72. The molecule has 0 aliphatic rings. The van der Waals surface area contributed by atoms with Crippen molar-refractivity contribution in [1.82, 2.24) is 9.97 Å². The molecule has 0 unspecified atom stereocenters. The van der Waals surface area contributed by atoms with E-state index < -0.39 is 0 Å². The average Bonchev–Trinajstić information content (AvgIpc) is 2.34. The Morgan fingerprint density at radius 2 is 2.12 bits per heavy atom. The standard InChI is InChI=1S/C10H18N4O2/c1-15-6-5-14(4-3-11)9-7-10(16-2)13-8-12-9/h7-8H,3-6,11H2,1-2H3. The van der Waals surface area contributed by atoms with E-state index >= 15 is 0 Å². The van der Waals surface area contributed by atoms with Gasteiger partial charge in [0.1, 0.15) is 12.1 Å². The number of rotatable bonds is 7. The lowest BCUT2D eigenvalue weighted by Gasteiger charge is -2.22. The summed E-state index contributed by atoms with van der Waals surface area (Å²) < 4.78 is 10.1. The van der Waals surface area contributed by atoms with Crippen molar-refractivity contribution in [3.63, 3.8) is 0 Å². The van der Waals surface area contributed by atoms with Crippen molar-refractivity contribution in [2.24, 2.45) is 5.73 Å². The number of nitrogens with two attached hydrogens (primary N) is 1. The van der Waals surface area contributed by atoms with Gasteiger partial charge in [0.05, 0.1) is 13.7 Å². The van der Waals surface area contributed by atoms with Crippen LogP contribution in [-0.4, -0.2) is 50.4 Å². The quantitative estimate of drug-likeness (QED) is 0.699. The summed E-state index contributed by atoms with van der Waals surface area (Å²) in [5, 5.41) is 0. The van der Waals surface area contributed by atoms with E-state index in [1.807, 2.05) is 4.90 Å². The Kier molecular flexibility index (Phi) is 5.52. The summed E-state index contributed by atoms with van der Waals surface area (Å²) >= 11 is 0. The smallest absolute Gasteiger partial charge is 0.218 e. The van der Waals surface area contributed by atoms with Crippen LogP contribution in [0.15, 0.2) is 12.4 Å². The largest absolute Gasteiger partial charge is 0.481 e. The van der Waals surface area contributed by atoms with Crippen LogP contribution >= 0.6 is 0 Å². The second kappa shape index (κ2) is 6.97. The number of hydrogen-bond donors (Lipinski definition) is 1. The van der Waals surface area contributed by atoms with Crippen molar-refractivity contribution in [2.75, 3.05) is 45.4 Å². The van der Waals surface area contributed by atoms with Gasteiger partial charge < -0.3 is 20.1 Å². The van der Waals surface area contributed by atoms with E-state index in [9.17, 15) is 0 Å². The molecule has 0 saturated carbocycles. The van der Waals surface area contributed by atoms with Gasteiger partial charge >= 0.3 is 0 Å². The van der Waals surface area contributed by atoms with E-state index in [2.05, 4.69) is 9.97 Å². The topological polar surface area (TPSA) is 73.5 Å². The maximum atomic E-state index is 5.55. The second-order valence-electron chi connectivity index (χ2n) is 3.19. The van der Waals surface area contributed by atoms with Crippen LogP contribution in [0.25, 0.3) is 0 Å². The van der Waals surface area contributed by atoms with Gasteiger partial charge in [-0.15, -0.1) is 0 Å². The molecule has 1 rings (SSSR count). The van der Waals surface area contributed by atoms with Gasteiger partial charge in [0, 0.05) is 32.8 Å². The summed E-state index contributed by atoms with van der Waals surface area (Å²) in [5.74, 6) is 1.35. The predicted octanol–water partition coefficient (Wildman–Crippen LogP) is -0.103. The summed E-state index contributed by atoms with van der Waals surface area (Å²) in [5.41, 5.74) is 5.55. The molecule has 1 heterocycles. The Morgan fingerprint density at radius 3 is 2.75 bits per heavy atom. The molecule has 1 aromatic rings. The molecule has 0 aliphatic heterocycles. The minimum atomic E-state index is 0.546. The third-order valence-electron chi connectivity index (χ3n) is 2.13. The third-order valence-corrected chi connectivity index (χ3v) is 2.13. The van der Waals surface area contributed by atoms with E-state index in [4.69, 9.17) is 15.2 Å². The maximum Gasteiger partial charge on any atom is 0.218 e. The first-order chi connectivity index (χ1) is 7.81. The van der Waals surface area contributed by atoms with Gasteiger partial charge in [-0.25, -0.2) is 9.97 Å². The normalized spacial score (nSPS) is 10.2. The molecule has 6 heteroatoms. The summed E-state index contributed by atoms with van der Waals surface area (Å²) in [6, 6.07) is 1.78. The molecule has 0 spiro atoms. The van der Waals surface area contributed by atoms with E-state index in [0.717, 1.165) is 18.9 Å². The molecular formula is C10H18N4O2. The molecule has 6 nitrogen and oxygen atoms in total. The van der Waals surface area contributed by atoms with Crippen molar-refractivity contribution in [1.29, 1.82) is 0 Å². The van der Waals surface area contributed by atoms with Crippen molar-refractivity contribution >= 4 is 5.82 Å². The van der Waals surface area contributed by atoms with Crippen molar-refractivity contribution in [3.05, 3.63) is 12.4 Å². The number of nitrogens with zero attached hydrogens (tertiary/aromatic N) is 3. The van der Waals surface area contributed by atoms with Crippen LogP contribution in [0.5, 0.6) is 5.88 Å². The molecule has 0 aromatic carbocycles. The van der Waals surface area contributed by atoms with Gasteiger partial charge in [-0.2, -0.15) is 0 Å². The van der Waals surface area contributed by atoms with Crippen LogP contribution in [0.3, 0.4) is 0 Å². The van der Waals surface area contributed by atoms with Gasteiger partial charge in [-0.05, 0) is 0 Å². The lowest BCUT2D eigenvalue weighted by Crippen LogP contribution is -2.33. The molecule has 2 N–H and O–H groups in total. The Hall–Kier alpha value is -1.40. The average molecular weight is 226 g/mol. The zero-order valence-corrected chi connectivity index (χ0v) is 9.72. The van der Waals surface area contributed by atoms with Gasteiger partial charge in [-0.1, -0.05) is 0 Å². The fourth-order valence-corrected chi connectivity index (χ4v) is 1.31. The van der Waals surface area contributed by atoms with Gasteiger partial charge in [0.25, 0.3) is 0 Å². The van der Waals surface area contributed by atoms with Gasteiger partial charge in [-0.3, -0.25) is 0 Å². The third kappa shape index (κ3) is 3.63. The van der Waals surface area contributed by atoms with Crippen LogP contribution in [0.2, 0.25) is 0 Å². The predicted molar refractivity (Wildman–Crippen MR) is 61.7 cm³/mol. The van der Waals surface area contributed by atoms with Crippen LogP contribution in [-0.2, 0) is 4.74 Å². The summed E-state index contributed by atoms with van der Waals surface area (Å²) in [6.45, 7) is 2.67. The molecule has 0 amide bonds. The molecule has 0 saturated heterocycles. The lowest BCUT2D eigenvalue weighted by molar-refractivity contribution is 0.205.